The highest BCUT2D eigenvalue weighted by Gasteiger charge is 2.48. The molecule has 2 aliphatic carbocycles. The van der Waals surface area contributed by atoms with Crippen molar-refractivity contribution in [1.29, 1.82) is 0 Å². The van der Waals surface area contributed by atoms with Gasteiger partial charge in [-0.05, 0) is 104 Å². The van der Waals surface area contributed by atoms with E-state index in [9.17, 15) is 30.3 Å². The van der Waals surface area contributed by atoms with E-state index in [0.717, 1.165) is 70.5 Å². The number of hydrogen-bond acceptors (Lipinski definition) is 10. The molecule has 0 unspecified atom stereocenters. The fraction of sp³-hybridized carbons (Fsp3) is 0.455. The van der Waals surface area contributed by atoms with Gasteiger partial charge in [0.05, 0.1) is 31.5 Å². The molecule has 2 saturated carbocycles. The zero-order valence-electron chi connectivity index (χ0n) is 32.4. The molecular formula is C44H53Cl2N3O8. The Labute approximate surface area is 344 Å². The average molecular weight is 823 g/mol. The molecule has 0 aliphatic heterocycles. The first-order valence-electron chi connectivity index (χ1n) is 19.6. The number of halogens is 2. The third-order valence-corrected chi connectivity index (χ3v) is 11.5. The number of aromatic nitrogens is 1. The predicted octanol–water partition coefficient (Wildman–Crippen LogP) is 5.83. The van der Waals surface area contributed by atoms with Crippen LogP contribution in [0.5, 0.6) is 5.75 Å². The van der Waals surface area contributed by atoms with Crippen LogP contribution in [-0.2, 0) is 28.2 Å². The van der Waals surface area contributed by atoms with Gasteiger partial charge in [0.25, 0.3) is 0 Å². The van der Waals surface area contributed by atoms with Crippen LogP contribution in [0.2, 0.25) is 10.0 Å². The molecule has 4 aromatic rings. The Kier molecular flexibility index (Phi) is 14.5. The molecule has 1 heterocycles. The summed E-state index contributed by atoms with van der Waals surface area (Å²) in [4.78, 5) is 21.3. The summed E-state index contributed by atoms with van der Waals surface area (Å²) < 4.78 is 12.9. The van der Waals surface area contributed by atoms with Crippen LogP contribution in [0.1, 0.15) is 60.8 Å². The van der Waals surface area contributed by atoms with E-state index >= 15 is 0 Å². The summed E-state index contributed by atoms with van der Waals surface area (Å²) in [6, 6.07) is 21.5. The standard InChI is InChI=1S/C44H53Cl2N3O8/c1-28-9-3-5-12-37(28)48(2)25-41(53)49(24-38(51)42(54)43(55)39(52)26-50)20-8-7-10-29-21-36(46)30(22-35(29)45)27-56-44(17-18-44)34-23-47-19-16-32(34)33-11-4-6-13-40(33)57-31-14-15-31/h3-6,9,11-13,16,19,21-23,31,38-39,42-43,50-52,54-55H,7-8,10,14-15,17-18,20,24-27H2,1-2H3/t38-,39+,42+,43+/m0/s1. The monoisotopic (exact) mass is 821 g/mol. The van der Waals surface area contributed by atoms with E-state index in [1.165, 1.54) is 4.90 Å². The first kappa shape index (κ1) is 42.8. The second kappa shape index (κ2) is 19.3. The summed E-state index contributed by atoms with van der Waals surface area (Å²) in [5.74, 6) is 0.571. The molecule has 306 valence electrons. The van der Waals surface area contributed by atoms with Crippen LogP contribution >= 0.6 is 23.2 Å². The fourth-order valence-electron chi connectivity index (χ4n) is 7.11. The number of pyridine rings is 1. The maximum absolute atomic E-state index is 13.6. The van der Waals surface area contributed by atoms with E-state index in [-0.39, 0.29) is 38.3 Å². The minimum atomic E-state index is -1.80. The van der Waals surface area contributed by atoms with Crippen molar-refractivity contribution in [3.8, 4) is 16.9 Å². The van der Waals surface area contributed by atoms with Gasteiger partial charge in [0.1, 0.15) is 30.2 Å². The van der Waals surface area contributed by atoms with Crippen molar-refractivity contribution in [1.82, 2.24) is 9.88 Å². The number of hydrogen-bond donors (Lipinski definition) is 5. The molecule has 1 amide bonds. The van der Waals surface area contributed by atoms with Gasteiger partial charge in [0.2, 0.25) is 5.91 Å². The van der Waals surface area contributed by atoms with Crippen LogP contribution in [0.25, 0.3) is 11.1 Å². The molecule has 0 radical (unpaired) electrons. The van der Waals surface area contributed by atoms with Gasteiger partial charge in [-0.1, -0.05) is 59.6 Å². The van der Waals surface area contributed by atoms with Gasteiger partial charge in [-0.3, -0.25) is 9.78 Å². The van der Waals surface area contributed by atoms with Crippen LogP contribution in [0.15, 0.2) is 79.1 Å². The van der Waals surface area contributed by atoms with Crippen molar-refractivity contribution in [2.75, 3.05) is 38.2 Å². The zero-order chi connectivity index (χ0) is 40.7. The molecular weight excluding hydrogens is 769 g/mol. The Hall–Kier alpha value is -3.78. The van der Waals surface area contributed by atoms with Gasteiger partial charge >= 0.3 is 0 Å². The van der Waals surface area contributed by atoms with Crippen LogP contribution in [0.4, 0.5) is 5.69 Å². The van der Waals surface area contributed by atoms with Crippen molar-refractivity contribution in [2.45, 2.75) is 94.6 Å². The minimum Gasteiger partial charge on any atom is -0.490 e. The average Bonchev–Trinajstić information content (AvgIpc) is 4.16. The van der Waals surface area contributed by atoms with Crippen molar-refractivity contribution < 1.29 is 39.8 Å². The van der Waals surface area contributed by atoms with Crippen LogP contribution in [0, 0.1) is 6.92 Å². The van der Waals surface area contributed by atoms with Crippen LogP contribution in [-0.4, -0.2) is 105 Å². The Morgan fingerprint density at radius 1 is 0.912 bits per heavy atom. The topological polar surface area (TPSA) is 156 Å². The lowest BCUT2D eigenvalue weighted by atomic mass is 9.96. The second-order valence-corrected chi connectivity index (χ2v) is 16.1. The third-order valence-electron chi connectivity index (χ3n) is 10.8. The van der Waals surface area contributed by atoms with Gasteiger partial charge in [-0.15, -0.1) is 0 Å². The lowest BCUT2D eigenvalue weighted by Crippen LogP contribution is -2.51. The van der Waals surface area contributed by atoms with E-state index in [1.54, 1.807) is 13.2 Å². The molecule has 1 aromatic heterocycles. The van der Waals surface area contributed by atoms with Crippen molar-refractivity contribution in [3.05, 3.63) is 111 Å². The lowest BCUT2D eigenvalue weighted by Gasteiger charge is -2.32. The molecule has 2 aliphatic rings. The quantitative estimate of drug-likeness (QED) is 0.0649. The van der Waals surface area contributed by atoms with E-state index in [2.05, 4.69) is 11.1 Å². The minimum absolute atomic E-state index is 0.00592. The summed E-state index contributed by atoms with van der Waals surface area (Å²) in [5, 5.41) is 51.6. The lowest BCUT2D eigenvalue weighted by molar-refractivity contribution is -0.138. The zero-order valence-corrected chi connectivity index (χ0v) is 33.9. The number of para-hydroxylation sites is 2. The predicted molar refractivity (Wildman–Crippen MR) is 221 cm³/mol. The molecule has 4 atom stereocenters. The summed E-state index contributed by atoms with van der Waals surface area (Å²) in [5.41, 5.74) is 6.08. The molecule has 6 rings (SSSR count). The van der Waals surface area contributed by atoms with Crippen molar-refractivity contribution >= 4 is 34.8 Å². The number of likely N-dealkylation sites (N-methyl/N-ethyl adjacent to an activating group) is 1. The molecule has 5 N–H and O–H groups in total. The SMILES string of the molecule is Cc1ccccc1N(C)CC(=O)N(CCCCc1cc(Cl)c(COC2(c3cnccc3-c3ccccc3OC3CC3)CC2)cc1Cl)C[C@H](O)[C@@H](O)[C@H](O)[C@H](O)CO. The number of aryl methyl sites for hydroxylation is 2. The van der Waals surface area contributed by atoms with E-state index < -0.39 is 36.6 Å². The molecule has 0 saturated heterocycles. The molecule has 3 aromatic carbocycles. The van der Waals surface area contributed by atoms with Gasteiger partial charge in [-0.2, -0.15) is 0 Å². The highest BCUT2D eigenvalue weighted by atomic mass is 35.5. The Bertz CT molecular complexity index is 1980. The Morgan fingerprint density at radius 3 is 2.32 bits per heavy atom. The van der Waals surface area contributed by atoms with Gasteiger partial charge < -0.3 is 44.8 Å². The summed E-state index contributed by atoms with van der Waals surface area (Å²) in [6.45, 7) is 1.38. The van der Waals surface area contributed by atoms with Gasteiger partial charge in [0.15, 0.2) is 0 Å². The molecule has 2 fully saturated rings. The highest BCUT2D eigenvalue weighted by Crippen LogP contribution is 2.53. The Balaban J connectivity index is 1.08. The maximum Gasteiger partial charge on any atom is 0.242 e. The molecule has 11 nitrogen and oxygen atoms in total. The summed E-state index contributed by atoms with van der Waals surface area (Å²) >= 11 is 13.6. The number of aliphatic hydroxyl groups excluding tert-OH is 5. The van der Waals surface area contributed by atoms with Crippen molar-refractivity contribution in [3.63, 3.8) is 0 Å². The number of amides is 1. The largest absolute Gasteiger partial charge is 0.490 e. The number of benzene rings is 3. The van der Waals surface area contributed by atoms with E-state index in [1.807, 2.05) is 78.7 Å². The van der Waals surface area contributed by atoms with Crippen LogP contribution in [0.3, 0.4) is 0 Å². The summed E-state index contributed by atoms with van der Waals surface area (Å²) in [7, 11) is 1.80. The number of aliphatic hydroxyl groups is 5. The highest BCUT2D eigenvalue weighted by molar-refractivity contribution is 6.34. The van der Waals surface area contributed by atoms with E-state index in [4.69, 9.17) is 32.7 Å². The fourth-order valence-corrected chi connectivity index (χ4v) is 7.64. The molecule has 57 heavy (non-hydrogen) atoms. The normalized spacial score (nSPS) is 16.7. The number of unbranched alkanes of at least 4 members (excludes halogenated alkanes) is 1. The first-order chi connectivity index (χ1) is 27.4. The molecule has 0 bridgehead atoms. The van der Waals surface area contributed by atoms with Gasteiger partial charge in [-0.25, -0.2) is 0 Å². The van der Waals surface area contributed by atoms with Crippen molar-refractivity contribution in [2.24, 2.45) is 0 Å². The Morgan fingerprint density at radius 2 is 1.60 bits per heavy atom. The number of anilines is 1. The number of ether oxygens (including phenoxy) is 2. The second-order valence-electron chi connectivity index (χ2n) is 15.3. The molecule has 0 spiro atoms. The number of carbonyl (C=O) groups is 1. The summed E-state index contributed by atoms with van der Waals surface area (Å²) in [6.07, 6.45) is 2.73. The van der Waals surface area contributed by atoms with Crippen LogP contribution < -0.4 is 9.64 Å². The third kappa shape index (κ3) is 10.8. The number of carbonyl (C=O) groups excluding carboxylic acids is 1. The maximum atomic E-state index is 13.6. The first-order valence-corrected chi connectivity index (χ1v) is 20.4. The van der Waals surface area contributed by atoms with E-state index in [0.29, 0.717) is 29.3 Å². The van der Waals surface area contributed by atoms with Gasteiger partial charge in [0, 0.05) is 59.4 Å². The molecule has 13 heteroatoms. The smallest absolute Gasteiger partial charge is 0.242 e. The number of nitrogens with zero attached hydrogens (tertiary/aromatic N) is 3. The number of rotatable bonds is 21.